The normalized spacial score (nSPS) is 33.0. The lowest BCUT2D eigenvalue weighted by Crippen LogP contribution is -2.48. The molecule has 78 valence electrons. The van der Waals surface area contributed by atoms with Crippen molar-refractivity contribution in [1.82, 2.24) is 0 Å². The van der Waals surface area contributed by atoms with Crippen LogP contribution in [-0.4, -0.2) is 23.4 Å². The molecule has 0 heterocycles. The van der Waals surface area contributed by atoms with Gasteiger partial charge in [-0.05, 0) is 13.3 Å². The molecule has 1 rings (SSSR count). The number of hydrogen-bond acceptors (Lipinski definition) is 2. The summed E-state index contributed by atoms with van der Waals surface area (Å²) in [6.45, 7) is 4.97. The molecule has 0 amide bonds. The summed E-state index contributed by atoms with van der Waals surface area (Å²) in [6, 6.07) is 0. The van der Waals surface area contributed by atoms with Crippen LogP contribution in [-0.2, 0) is 4.74 Å². The Morgan fingerprint density at radius 2 is 2.00 bits per heavy atom. The maximum absolute atomic E-state index is 9.95. The third-order valence-corrected chi connectivity index (χ3v) is 2.86. The first-order valence-corrected chi connectivity index (χ1v) is 5.54. The molecule has 0 radical (unpaired) electrons. The van der Waals surface area contributed by atoms with Crippen LogP contribution in [0.3, 0.4) is 0 Å². The van der Waals surface area contributed by atoms with Crippen LogP contribution in [0.4, 0.5) is 0 Å². The smallest absolute Gasteiger partial charge is 0.0697 e. The molecule has 2 nitrogen and oxygen atoms in total. The molecule has 13 heavy (non-hydrogen) atoms. The monoisotopic (exact) mass is 186 g/mol. The lowest BCUT2D eigenvalue weighted by Gasteiger charge is -2.43. The van der Waals surface area contributed by atoms with Crippen LogP contribution in [0.25, 0.3) is 0 Å². The van der Waals surface area contributed by atoms with Gasteiger partial charge in [-0.2, -0.15) is 0 Å². The molecule has 1 fully saturated rings. The summed E-state index contributed by atoms with van der Waals surface area (Å²) in [5, 5.41) is 9.95. The summed E-state index contributed by atoms with van der Waals surface area (Å²) in [6.07, 6.45) is 6.62. The van der Waals surface area contributed by atoms with Gasteiger partial charge in [-0.15, -0.1) is 0 Å². The Kier molecular flexibility index (Phi) is 4.20. The van der Waals surface area contributed by atoms with Gasteiger partial charge in [0.05, 0.1) is 11.7 Å². The van der Waals surface area contributed by atoms with E-state index in [-0.39, 0.29) is 5.60 Å². The highest BCUT2D eigenvalue weighted by Crippen LogP contribution is 2.38. The summed E-state index contributed by atoms with van der Waals surface area (Å²) in [5.74, 6) is 0. The van der Waals surface area contributed by atoms with Crippen LogP contribution >= 0.6 is 0 Å². The molecule has 1 N–H and O–H groups in total. The van der Waals surface area contributed by atoms with Gasteiger partial charge in [0.25, 0.3) is 0 Å². The molecule has 1 aliphatic carbocycles. The van der Waals surface area contributed by atoms with Crippen molar-refractivity contribution in [2.24, 2.45) is 0 Å². The Hall–Kier alpha value is -0.0800. The van der Waals surface area contributed by atoms with E-state index in [0.717, 1.165) is 32.3 Å². The van der Waals surface area contributed by atoms with Gasteiger partial charge >= 0.3 is 0 Å². The average molecular weight is 186 g/mol. The van der Waals surface area contributed by atoms with Gasteiger partial charge < -0.3 is 9.84 Å². The lowest BCUT2D eigenvalue weighted by molar-refractivity contribution is -0.141. The fraction of sp³-hybridized carbons (Fsp3) is 1.00. The predicted octanol–water partition coefficient (Wildman–Crippen LogP) is 2.50. The van der Waals surface area contributed by atoms with Gasteiger partial charge in [-0.1, -0.05) is 26.2 Å². The molecule has 0 unspecified atom stereocenters. The topological polar surface area (TPSA) is 29.5 Å². The van der Waals surface area contributed by atoms with Crippen molar-refractivity contribution in [3.63, 3.8) is 0 Å². The van der Waals surface area contributed by atoms with Gasteiger partial charge in [-0.25, -0.2) is 0 Å². The molecule has 0 aromatic rings. The number of unbranched alkanes of at least 4 members (excludes halogenated alkanes) is 2. The van der Waals surface area contributed by atoms with E-state index in [1.807, 2.05) is 6.92 Å². The van der Waals surface area contributed by atoms with E-state index >= 15 is 0 Å². The SMILES string of the molecule is CCCCCC1(O)CC(OCC)C1. The van der Waals surface area contributed by atoms with Crippen LogP contribution in [0, 0.1) is 0 Å². The number of rotatable bonds is 6. The Bertz CT molecular complexity index is 134. The number of ether oxygens (including phenoxy) is 1. The van der Waals surface area contributed by atoms with Crippen molar-refractivity contribution < 1.29 is 9.84 Å². The van der Waals surface area contributed by atoms with Crippen LogP contribution in [0.1, 0.15) is 52.4 Å². The quantitative estimate of drug-likeness (QED) is 0.646. The van der Waals surface area contributed by atoms with E-state index in [0.29, 0.717) is 6.10 Å². The van der Waals surface area contributed by atoms with Crippen molar-refractivity contribution in [2.45, 2.75) is 64.1 Å². The molecule has 2 heteroatoms. The summed E-state index contributed by atoms with van der Waals surface area (Å²) in [5.41, 5.74) is -0.380. The highest BCUT2D eigenvalue weighted by Gasteiger charge is 2.42. The zero-order chi connectivity index (χ0) is 9.73. The summed E-state index contributed by atoms with van der Waals surface area (Å²) in [7, 11) is 0. The molecule has 0 aromatic carbocycles. The minimum atomic E-state index is -0.380. The third-order valence-electron chi connectivity index (χ3n) is 2.86. The molecule has 0 spiro atoms. The first-order valence-electron chi connectivity index (χ1n) is 5.54. The number of aliphatic hydroxyl groups is 1. The van der Waals surface area contributed by atoms with E-state index in [4.69, 9.17) is 4.74 Å². The van der Waals surface area contributed by atoms with Crippen molar-refractivity contribution in [2.75, 3.05) is 6.61 Å². The van der Waals surface area contributed by atoms with Crippen molar-refractivity contribution >= 4 is 0 Å². The van der Waals surface area contributed by atoms with Crippen LogP contribution in [0.5, 0.6) is 0 Å². The molecule has 0 saturated heterocycles. The van der Waals surface area contributed by atoms with Gasteiger partial charge in [-0.3, -0.25) is 0 Å². The van der Waals surface area contributed by atoms with E-state index < -0.39 is 0 Å². The van der Waals surface area contributed by atoms with Crippen molar-refractivity contribution in [3.8, 4) is 0 Å². The standard InChI is InChI=1S/C11H22O2/c1-3-5-6-7-11(12)8-10(9-11)13-4-2/h10,12H,3-9H2,1-2H3. The van der Waals surface area contributed by atoms with Gasteiger partial charge in [0.1, 0.15) is 0 Å². The second-order valence-corrected chi connectivity index (χ2v) is 4.17. The maximum atomic E-state index is 9.95. The summed E-state index contributed by atoms with van der Waals surface area (Å²) < 4.78 is 5.42. The van der Waals surface area contributed by atoms with Crippen LogP contribution in [0.2, 0.25) is 0 Å². The molecule has 0 aliphatic heterocycles. The molecule has 0 atom stereocenters. The Morgan fingerprint density at radius 3 is 2.54 bits per heavy atom. The predicted molar refractivity (Wildman–Crippen MR) is 53.7 cm³/mol. The zero-order valence-corrected chi connectivity index (χ0v) is 8.88. The largest absolute Gasteiger partial charge is 0.390 e. The maximum Gasteiger partial charge on any atom is 0.0697 e. The second kappa shape index (κ2) is 4.97. The van der Waals surface area contributed by atoms with Gasteiger partial charge in [0, 0.05) is 19.4 Å². The van der Waals surface area contributed by atoms with Crippen LogP contribution in [0.15, 0.2) is 0 Å². The number of hydrogen-bond donors (Lipinski definition) is 1. The van der Waals surface area contributed by atoms with Gasteiger partial charge in [0.2, 0.25) is 0 Å². The van der Waals surface area contributed by atoms with E-state index in [2.05, 4.69) is 6.92 Å². The lowest BCUT2D eigenvalue weighted by atomic mass is 9.74. The minimum absolute atomic E-state index is 0.330. The second-order valence-electron chi connectivity index (χ2n) is 4.17. The highest BCUT2D eigenvalue weighted by molar-refractivity contribution is 4.94. The van der Waals surface area contributed by atoms with Crippen molar-refractivity contribution in [1.29, 1.82) is 0 Å². The van der Waals surface area contributed by atoms with E-state index in [1.54, 1.807) is 0 Å². The molecule has 0 aromatic heterocycles. The Labute approximate surface area is 81.3 Å². The van der Waals surface area contributed by atoms with Crippen LogP contribution < -0.4 is 0 Å². The van der Waals surface area contributed by atoms with E-state index in [1.165, 1.54) is 12.8 Å². The summed E-state index contributed by atoms with van der Waals surface area (Å²) >= 11 is 0. The molecule has 0 bridgehead atoms. The highest BCUT2D eigenvalue weighted by atomic mass is 16.5. The molecular formula is C11H22O2. The fourth-order valence-electron chi connectivity index (χ4n) is 2.05. The molecular weight excluding hydrogens is 164 g/mol. The summed E-state index contributed by atoms with van der Waals surface area (Å²) in [4.78, 5) is 0. The fourth-order valence-corrected chi connectivity index (χ4v) is 2.05. The van der Waals surface area contributed by atoms with Crippen molar-refractivity contribution in [3.05, 3.63) is 0 Å². The first-order chi connectivity index (χ1) is 6.20. The Balaban J connectivity index is 2.07. The first kappa shape index (κ1) is 11.0. The molecule has 1 aliphatic rings. The minimum Gasteiger partial charge on any atom is -0.390 e. The average Bonchev–Trinajstić information content (AvgIpc) is 2.03. The Morgan fingerprint density at radius 1 is 1.31 bits per heavy atom. The van der Waals surface area contributed by atoms with E-state index in [9.17, 15) is 5.11 Å². The van der Waals surface area contributed by atoms with Gasteiger partial charge in [0.15, 0.2) is 0 Å². The third kappa shape index (κ3) is 3.28. The zero-order valence-electron chi connectivity index (χ0n) is 8.88. The molecule has 1 saturated carbocycles.